The first-order valence-electron chi connectivity index (χ1n) is 12.2. The van der Waals surface area contributed by atoms with E-state index in [2.05, 4.69) is 5.32 Å². The molecule has 0 bridgehead atoms. The number of imide groups is 1. The van der Waals surface area contributed by atoms with Gasteiger partial charge in [-0.25, -0.2) is 9.59 Å². The van der Waals surface area contributed by atoms with Gasteiger partial charge in [-0.1, -0.05) is 24.3 Å². The molecule has 0 aliphatic carbocycles. The Morgan fingerprint density at radius 2 is 1.38 bits per heavy atom. The van der Waals surface area contributed by atoms with E-state index in [9.17, 15) is 14.4 Å². The maximum Gasteiger partial charge on any atom is 0.413 e. The number of aryl methyl sites for hydroxylation is 1. The number of esters is 1. The van der Waals surface area contributed by atoms with Crippen LogP contribution in [0, 0.1) is 0 Å². The van der Waals surface area contributed by atoms with Gasteiger partial charge in [0.05, 0.1) is 33.5 Å². The maximum absolute atomic E-state index is 12.6. The Bertz CT molecular complexity index is 1290. The average molecular weight is 534 g/mol. The molecule has 0 fully saturated rings. The van der Waals surface area contributed by atoms with E-state index in [1.807, 2.05) is 12.1 Å². The third-order valence-electron chi connectivity index (χ3n) is 5.57. The van der Waals surface area contributed by atoms with Crippen LogP contribution in [0.1, 0.15) is 30.0 Å². The van der Waals surface area contributed by atoms with Crippen LogP contribution in [0.2, 0.25) is 0 Å². The monoisotopic (exact) mass is 533 g/mol. The van der Waals surface area contributed by atoms with E-state index < -0.39 is 18.0 Å². The summed E-state index contributed by atoms with van der Waals surface area (Å²) in [5, 5.41) is 2.17. The molecule has 0 spiro atoms. The first-order chi connectivity index (χ1) is 18.8. The van der Waals surface area contributed by atoms with Crippen molar-refractivity contribution in [2.45, 2.75) is 19.8 Å². The SMILES string of the molecule is CCOC(=O)NC(=O)CCc1ccc(Oc2ccc(/C(=C\c3cc(OC)cc(OC)c3)C(=O)OC)cc2)cc1. The van der Waals surface area contributed by atoms with Crippen LogP contribution in [-0.4, -0.2) is 45.9 Å². The van der Waals surface area contributed by atoms with Crippen molar-refractivity contribution < 1.29 is 38.1 Å². The second-order valence-electron chi connectivity index (χ2n) is 8.23. The van der Waals surface area contributed by atoms with Gasteiger partial charge in [0.2, 0.25) is 5.91 Å². The predicted molar refractivity (Wildman–Crippen MR) is 146 cm³/mol. The number of benzene rings is 3. The second kappa shape index (κ2) is 14.2. The third-order valence-corrected chi connectivity index (χ3v) is 5.57. The van der Waals surface area contributed by atoms with Crippen LogP contribution >= 0.6 is 0 Å². The van der Waals surface area contributed by atoms with Crippen molar-refractivity contribution in [1.29, 1.82) is 0 Å². The molecule has 0 saturated carbocycles. The maximum atomic E-state index is 12.6. The van der Waals surface area contributed by atoms with Crippen LogP contribution in [-0.2, 0) is 25.5 Å². The fourth-order valence-corrected chi connectivity index (χ4v) is 3.61. The fraction of sp³-hybridized carbons (Fsp3) is 0.233. The Labute approximate surface area is 227 Å². The number of methoxy groups -OCH3 is 3. The molecule has 9 nitrogen and oxygen atoms in total. The highest BCUT2D eigenvalue weighted by atomic mass is 16.5. The molecule has 0 aliphatic heterocycles. The van der Waals surface area contributed by atoms with Crippen LogP contribution in [0.4, 0.5) is 4.79 Å². The molecule has 2 amide bonds. The van der Waals surface area contributed by atoms with Gasteiger partial charge in [0, 0.05) is 12.5 Å². The van der Waals surface area contributed by atoms with Crippen LogP contribution in [0.25, 0.3) is 11.6 Å². The number of ether oxygens (including phenoxy) is 5. The number of nitrogens with one attached hydrogen (secondary N) is 1. The quantitative estimate of drug-likeness (QED) is 0.198. The molecule has 3 rings (SSSR count). The fourth-order valence-electron chi connectivity index (χ4n) is 3.61. The summed E-state index contributed by atoms with van der Waals surface area (Å²) in [6, 6.07) is 19.7. The molecule has 0 unspecified atom stereocenters. The summed E-state index contributed by atoms with van der Waals surface area (Å²) in [6.07, 6.45) is 1.58. The molecular formula is C30H31NO8. The summed E-state index contributed by atoms with van der Waals surface area (Å²) < 4.78 is 26.3. The van der Waals surface area contributed by atoms with Crippen LogP contribution < -0.4 is 19.5 Å². The topological polar surface area (TPSA) is 109 Å². The highest BCUT2D eigenvalue weighted by Gasteiger charge is 2.14. The van der Waals surface area contributed by atoms with Gasteiger partial charge in [-0.05, 0) is 72.5 Å². The van der Waals surface area contributed by atoms with Gasteiger partial charge < -0.3 is 23.7 Å². The lowest BCUT2D eigenvalue weighted by Crippen LogP contribution is -2.31. The lowest BCUT2D eigenvalue weighted by Gasteiger charge is -2.11. The predicted octanol–water partition coefficient (Wildman–Crippen LogP) is 5.42. The first kappa shape index (κ1) is 28.8. The van der Waals surface area contributed by atoms with Gasteiger partial charge in [-0.3, -0.25) is 10.1 Å². The van der Waals surface area contributed by atoms with E-state index >= 15 is 0 Å². The van der Waals surface area contributed by atoms with Crippen molar-refractivity contribution in [3.63, 3.8) is 0 Å². The van der Waals surface area contributed by atoms with Gasteiger partial charge >= 0.3 is 12.1 Å². The molecule has 9 heteroatoms. The molecule has 39 heavy (non-hydrogen) atoms. The van der Waals surface area contributed by atoms with E-state index in [0.717, 1.165) is 5.56 Å². The largest absolute Gasteiger partial charge is 0.497 e. The summed E-state index contributed by atoms with van der Waals surface area (Å²) >= 11 is 0. The first-order valence-corrected chi connectivity index (χ1v) is 12.2. The van der Waals surface area contributed by atoms with Crippen LogP contribution in [0.5, 0.6) is 23.0 Å². The number of hydrogen-bond acceptors (Lipinski definition) is 8. The Morgan fingerprint density at radius 3 is 1.92 bits per heavy atom. The van der Waals surface area contributed by atoms with Crippen molar-refractivity contribution in [1.82, 2.24) is 5.32 Å². The van der Waals surface area contributed by atoms with Gasteiger partial charge in [-0.2, -0.15) is 0 Å². The molecule has 3 aromatic rings. The Kier molecular flexibility index (Phi) is 10.5. The smallest absolute Gasteiger partial charge is 0.413 e. The van der Waals surface area contributed by atoms with Crippen molar-refractivity contribution in [2.75, 3.05) is 27.9 Å². The molecule has 0 aliphatic rings. The van der Waals surface area contributed by atoms with E-state index in [1.165, 1.54) is 7.11 Å². The minimum absolute atomic E-state index is 0.152. The molecule has 204 valence electrons. The highest BCUT2D eigenvalue weighted by molar-refractivity contribution is 6.21. The number of alkyl carbamates (subject to hydrolysis) is 1. The minimum Gasteiger partial charge on any atom is -0.497 e. The number of carbonyl (C=O) groups excluding carboxylic acids is 3. The molecule has 0 atom stereocenters. The molecule has 0 saturated heterocycles. The van der Waals surface area contributed by atoms with Crippen molar-refractivity contribution in [2.24, 2.45) is 0 Å². The van der Waals surface area contributed by atoms with E-state index in [1.54, 1.807) is 81.8 Å². The van der Waals surface area contributed by atoms with Crippen molar-refractivity contribution in [3.05, 3.63) is 83.4 Å². The summed E-state index contributed by atoms with van der Waals surface area (Å²) in [7, 11) is 4.45. The summed E-state index contributed by atoms with van der Waals surface area (Å²) in [4.78, 5) is 35.7. The minimum atomic E-state index is -0.744. The molecule has 0 radical (unpaired) electrons. The molecule has 1 N–H and O–H groups in total. The molecular weight excluding hydrogens is 502 g/mol. The van der Waals surface area contributed by atoms with Crippen molar-refractivity contribution in [3.8, 4) is 23.0 Å². The number of carbonyl (C=O) groups is 3. The molecule has 0 heterocycles. The zero-order valence-corrected chi connectivity index (χ0v) is 22.3. The summed E-state index contributed by atoms with van der Waals surface area (Å²) in [6.45, 7) is 1.87. The summed E-state index contributed by atoms with van der Waals surface area (Å²) in [5.74, 6) is 1.48. The van der Waals surface area contributed by atoms with Gasteiger partial charge in [0.15, 0.2) is 0 Å². The average Bonchev–Trinajstić information content (AvgIpc) is 2.95. The molecule has 3 aromatic carbocycles. The Balaban J connectivity index is 1.68. The van der Waals surface area contributed by atoms with Crippen LogP contribution in [0.15, 0.2) is 66.7 Å². The lowest BCUT2D eigenvalue weighted by atomic mass is 10.0. The van der Waals surface area contributed by atoms with Gasteiger partial charge in [0.25, 0.3) is 0 Å². The van der Waals surface area contributed by atoms with Gasteiger partial charge in [0.1, 0.15) is 23.0 Å². The number of hydrogen-bond donors (Lipinski definition) is 1. The Morgan fingerprint density at radius 1 is 0.795 bits per heavy atom. The highest BCUT2D eigenvalue weighted by Crippen LogP contribution is 2.29. The number of amides is 2. The zero-order chi connectivity index (χ0) is 28.2. The standard InChI is InChI=1S/C30H31NO8/c1-5-38-30(34)31-28(32)15-8-20-6-11-23(12-7-20)39-24-13-9-22(10-14-24)27(29(33)37-4)18-21-16-25(35-2)19-26(17-21)36-3/h6-7,9-14,16-19H,5,8,15H2,1-4H3,(H,31,32,34)/b27-18+. The van der Waals surface area contributed by atoms with Crippen LogP contribution in [0.3, 0.4) is 0 Å². The second-order valence-corrected chi connectivity index (χ2v) is 8.23. The molecule has 0 aromatic heterocycles. The zero-order valence-electron chi connectivity index (χ0n) is 22.3. The lowest BCUT2D eigenvalue weighted by molar-refractivity contribution is -0.133. The number of rotatable bonds is 11. The van der Waals surface area contributed by atoms with E-state index in [0.29, 0.717) is 46.1 Å². The Hall–Kier alpha value is -4.79. The van der Waals surface area contributed by atoms with E-state index in [4.69, 9.17) is 23.7 Å². The third kappa shape index (κ3) is 8.63. The van der Waals surface area contributed by atoms with E-state index in [-0.39, 0.29) is 13.0 Å². The summed E-state index contributed by atoms with van der Waals surface area (Å²) in [5.41, 5.74) is 2.63. The van der Waals surface area contributed by atoms with Crippen molar-refractivity contribution >= 4 is 29.6 Å². The van der Waals surface area contributed by atoms with Gasteiger partial charge in [-0.15, -0.1) is 0 Å². The normalized spacial score (nSPS) is 10.8.